The number of anilines is 2. The molecule has 2 unspecified atom stereocenters. The number of hydrogen-bond donors (Lipinski definition) is 3. The number of fused-ring (bicyclic) bond motifs is 2. The number of benzene rings is 1. The van der Waals surface area contributed by atoms with Gasteiger partial charge >= 0.3 is 0 Å². The first kappa shape index (κ1) is 24.3. The van der Waals surface area contributed by atoms with Crippen LogP contribution in [0.15, 0.2) is 24.3 Å². The molecule has 1 aliphatic heterocycles. The SMILES string of the molecule is CN1CCC(Nc2ccccc2NC(=O)C2CC3CCCC(C2)C3N)CC1.Cl.Cl. The van der Waals surface area contributed by atoms with Crippen LogP contribution in [0.5, 0.6) is 0 Å². The number of piperidine rings is 1. The van der Waals surface area contributed by atoms with Crippen molar-refractivity contribution < 1.29 is 4.79 Å². The standard InChI is InChI=1S/C22H34N4O.2ClH/c1-26-11-9-18(10-12-26)24-19-7-2-3-8-20(19)25-22(27)17-13-15-5-4-6-16(14-17)21(15)23;;/h2-3,7-8,15-18,21,24H,4-6,9-14,23H2,1H3,(H,25,27);2*1H. The fraction of sp³-hybridized carbons (Fsp3) is 0.682. The number of halogens is 2. The minimum Gasteiger partial charge on any atom is -0.381 e. The molecule has 2 saturated carbocycles. The van der Waals surface area contributed by atoms with Crippen LogP contribution in [0.2, 0.25) is 0 Å². The number of nitrogens with one attached hydrogen (secondary N) is 2. The zero-order valence-electron chi connectivity index (χ0n) is 17.3. The van der Waals surface area contributed by atoms with Crippen LogP contribution in [0.1, 0.15) is 44.9 Å². The third kappa shape index (κ3) is 5.78. The van der Waals surface area contributed by atoms with E-state index in [-0.39, 0.29) is 36.6 Å². The van der Waals surface area contributed by atoms with Crippen molar-refractivity contribution in [2.75, 3.05) is 30.8 Å². The van der Waals surface area contributed by atoms with Gasteiger partial charge in [0.15, 0.2) is 0 Å². The summed E-state index contributed by atoms with van der Waals surface area (Å²) in [5, 5.41) is 6.89. The zero-order valence-corrected chi connectivity index (χ0v) is 18.9. The van der Waals surface area contributed by atoms with Gasteiger partial charge in [0.25, 0.3) is 0 Å². The van der Waals surface area contributed by atoms with Crippen molar-refractivity contribution in [1.29, 1.82) is 0 Å². The lowest BCUT2D eigenvalue weighted by molar-refractivity contribution is -0.122. The van der Waals surface area contributed by atoms with E-state index in [0.29, 0.717) is 23.9 Å². The molecule has 1 aromatic carbocycles. The van der Waals surface area contributed by atoms with Gasteiger partial charge in [-0.05, 0) is 82.6 Å². The number of para-hydroxylation sites is 2. The highest BCUT2D eigenvalue weighted by Crippen LogP contribution is 2.42. The van der Waals surface area contributed by atoms with Gasteiger partial charge < -0.3 is 21.3 Å². The van der Waals surface area contributed by atoms with Gasteiger partial charge in [-0.1, -0.05) is 18.6 Å². The van der Waals surface area contributed by atoms with Crippen LogP contribution in [0, 0.1) is 17.8 Å². The van der Waals surface area contributed by atoms with Crippen LogP contribution in [0.3, 0.4) is 0 Å². The van der Waals surface area contributed by atoms with Crippen molar-refractivity contribution in [1.82, 2.24) is 4.90 Å². The summed E-state index contributed by atoms with van der Waals surface area (Å²) < 4.78 is 0. The molecule has 3 aliphatic rings. The van der Waals surface area contributed by atoms with Crippen molar-refractivity contribution in [3.63, 3.8) is 0 Å². The zero-order chi connectivity index (χ0) is 18.8. The molecule has 4 rings (SSSR count). The molecule has 3 fully saturated rings. The highest BCUT2D eigenvalue weighted by molar-refractivity contribution is 5.95. The Balaban J connectivity index is 0.00000150. The van der Waals surface area contributed by atoms with Gasteiger partial charge in [-0.2, -0.15) is 0 Å². The van der Waals surface area contributed by atoms with Gasteiger partial charge in [0.2, 0.25) is 5.91 Å². The first-order chi connectivity index (χ1) is 13.1. The van der Waals surface area contributed by atoms with E-state index in [1.165, 1.54) is 19.3 Å². The molecular weight excluding hydrogens is 407 g/mol. The third-order valence-electron chi connectivity index (χ3n) is 7.05. The summed E-state index contributed by atoms with van der Waals surface area (Å²) in [6.07, 6.45) is 7.85. The van der Waals surface area contributed by atoms with Crippen LogP contribution >= 0.6 is 24.8 Å². The second-order valence-electron chi connectivity index (χ2n) is 8.95. The minimum absolute atomic E-state index is 0. The molecule has 0 aromatic heterocycles. The molecule has 5 nitrogen and oxygen atoms in total. The molecule has 2 bridgehead atoms. The van der Waals surface area contributed by atoms with Gasteiger partial charge in [-0.25, -0.2) is 0 Å². The van der Waals surface area contributed by atoms with Crippen molar-refractivity contribution >= 4 is 42.1 Å². The van der Waals surface area contributed by atoms with E-state index in [2.05, 4.69) is 28.6 Å². The van der Waals surface area contributed by atoms with Crippen molar-refractivity contribution in [2.45, 2.75) is 57.0 Å². The summed E-state index contributed by atoms with van der Waals surface area (Å²) in [5.41, 5.74) is 8.36. The number of likely N-dealkylation sites (tertiary alicyclic amines) is 1. The Kier molecular flexibility index (Phi) is 9.08. The Morgan fingerprint density at radius 1 is 1.00 bits per heavy atom. The molecule has 1 aromatic rings. The average Bonchev–Trinajstić information content (AvgIpc) is 2.65. The second kappa shape index (κ2) is 10.9. The number of carbonyl (C=O) groups is 1. The molecular formula is C22H36Cl2N4O. The summed E-state index contributed by atoms with van der Waals surface area (Å²) in [4.78, 5) is 15.4. The van der Waals surface area contributed by atoms with Crippen LogP contribution in [-0.2, 0) is 4.79 Å². The van der Waals surface area contributed by atoms with E-state index >= 15 is 0 Å². The summed E-state index contributed by atoms with van der Waals surface area (Å²) in [5.74, 6) is 1.34. The number of carbonyl (C=O) groups excluding carboxylic acids is 1. The van der Waals surface area contributed by atoms with E-state index in [1.54, 1.807) is 0 Å². The maximum atomic E-state index is 13.0. The molecule has 1 heterocycles. The number of rotatable bonds is 4. The van der Waals surface area contributed by atoms with E-state index in [4.69, 9.17) is 5.73 Å². The van der Waals surface area contributed by atoms with Gasteiger partial charge in [0.1, 0.15) is 0 Å². The fourth-order valence-corrected chi connectivity index (χ4v) is 5.33. The van der Waals surface area contributed by atoms with Crippen LogP contribution < -0.4 is 16.4 Å². The first-order valence-electron chi connectivity index (χ1n) is 10.7. The molecule has 29 heavy (non-hydrogen) atoms. The van der Waals surface area contributed by atoms with Crippen LogP contribution in [0.4, 0.5) is 11.4 Å². The topological polar surface area (TPSA) is 70.4 Å². The van der Waals surface area contributed by atoms with Crippen molar-refractivity contribution in [3.8, 4) is 0 Å². The Labute approximate surface area is 187 Å². The third-order valence-corrected chi connectivity index (χ3v) is 7.05. The quantitative estimate of drug-likeness (QED) is 0.655. The fourth-order valence-electron chi connectivity index (χ4n) is 5.33. The smallest absolute Gasteiger partial charge is 0.227 e. The maximum Gasteiger partial charge on any atom is 0.227 e. The Morgan fingerprint density at radius 2 is 1.59 bits per heavy atom. The monoisotopic (exact) mass is 442 g/mol. The molecule has 2 aliphatic carbocycles. The minimum atomic E-state index is 0. The Hall–Kier alpha value is -1.01. The molecule has 164 valence electrons. The van der Waals surface area contributed by atoms with E-state index in [1.807, 2.05) is 18.2 Å². The molecule has 0 spiro atoms. The van der Waals surface area contributed by atoms with E-state index in [9.17, 15) is 4.79 Å². The predicted molar refractivity (Wildman–Crippen MR) is 125 cm³/mol. The van der Waals surface area contributed by atoms with Crippen LogP contribution in [-0.4, -0.2) is 43.0 Å². The number of hydrogen-bond acceptors (Lipinski definition) is 4. The van der Waals surface area contributed by atoms with Gasteiger partial charge in [-0.15, -0.1) is 24.8 Å². The second-order valence-corrected chi connectivity index (χ2v) is 8.95. The number of nitrogens with zero attached hydrogens (tertiary/aromatic N) is 1. The van der Waals surface area contributed by atoms with Gasteiger partial charge in [0.05, 0.1) is 11.4 Å². The Bertz CT molecular complexity index is 652. The van der Waals surface area contributed by atoms with Crippen LogP contribution in [0.25, 0.3) is 0 Å². The first-order valence-corrected chi connectivity index (χ1v) is 10.7. The lowest BCUT2D eigenvalue weighted by atomic mass is 9.65. The lowest BCUT2D eigenvalue weighted by Gasteiger charge is -2.43. The highest BCUT2D eigenvalue weighted by atomic mass is 35.5. The summed E-state index contributed by atoms with van der Waals surface area (Å²) >= 11 is 0. The molecule has 1 saturated heterocycles. The number of amides is 1. The molecule has 1 amide bonds. The molecule has 4 N–H and O–H groups in total. The highest BCUT2D eigenvalue weighted by Gasteiger charge is 2.40. The van der Waals surface area contributed by atoms with E-state index in [0.717, 1.165) is 50.1 Å². The largest absolute Gasteiger partial charge is 0.381 e. The average molecular weight is 443 g/mol. The molecule has 7 heteroatoms. The maximum absolute atomic E-state index is 13.0. The molecule has 0 radical (unpaired) electrons. The number of nitrogens with two attached hydrogens (primary N) is 1. The summed E-state index contributed by atoms with van der Waals surface area (Å²) in [6.45, 7) is 2.24. The molecule has 2 atom stereocenters. The van der Waals surface area contributed by atoms with Gasteiger partial charge in [-0.3, -0.25) is 4.79 Å². The predicted octanol–water partition coefficient (Wildman–Crippen LogP) is 4.13. The lowest BCUT2D eigenvalue weighted by Crippen LogP contribution is -2.48. The van der Waals surface area contributed by atoms with Crippen molar-refractivity contribution in [2.24, 2.45) is 23.5 Å². The normalized spacial score (nSPS) is 29.9. The summed E-state index contributed by atoms with van der Waals surface area (Å²) in [7, 11) is 2.18. The van der Waals surface area contributed by atoms with Crippen molar-refractivity contribution in [3.05, 3.63) is 24.3 Å². The Morgan fingerprint density at radius 3 is 2.21 bits per heavy atom. The van der Waals surface area contributed by atoms with Gasteiger partial charge in [0, 0.05) is 18.0 Å². The van der Waals surface area contributed by atoms with E-state index < -0.39 is 0 Å². The summed E-state index contributed by atoms with van der Waals surface area (Å²) in [6, 6.07) is 8.93.